The summed E-state index contributed by atoms with van der Waals surface area (Å²) in [6, 6.07) is 12.9. The number of hydrogen-bond acceptors (Lipinski definition) is 7. The first-order valence-corrected chi connectivity index (χ1v) is 10.4. The number of benzene rings is 2. The van der Waals surface area contributed by atoms with Gasteiger partial charge in [-0.25, -0.2) is 8.42 Å². The summed E-state index contributed by atoms with van der Waals surface area (Å²) in [6.45, 7) is 0. The maximum Gasteiger partial charge on any atom is 0.263 e. The van der Waals surface area contributed by atoms with Crippen LogP contribution in [0.1, 0.15) is 5.56 Å². The first kappa shape index (κ1) is 19.7. The van der Waals surface area contributed by atoms with Crippen LogP contribution < -0.4 is 9.46 Å². The highest BCUT2D eigenvalue weighted by atomic mass is 35.5. The predicted molar refractivity (Wildman–Crippen MR) is 111 cm³/mol. The van der Waals surface area contributed by atoms with Crippen molar-refractivity contribution in [2.24, 2.45) is 0 Å². The largest absolute Gasteiger partial charge is 0.496 e. The van der Waals surface area contributed by atoms with Gasteiger partial charge in [-0.2, -0.15) is 5.26 Å². The van der Waals surface area contributed by atoms with E-state index in [1.165, 1.54) is 31.6 Å². The molecule has 4 aromatic rings. The summed E-state index contributed by atoms with van der Waals surface area (Å²) in [4.78, 5) is 4.48. The van der Waals surface area contributed by atoms with E-state index in [4.69, 9.17) is 16.3 Å². The van der Waals surface area contributed by atoms with Gasteiger partial charge in [-0.3, -0.25) is 9.71 Å². The Balaban J connectivity index is 1.85. The highest BCUT2D eigenvalue weighted by Gasteiger charge is 2.19. The lowest BCUT2D eigenvalue weighted by molar-refractivity contribution is 0.416. The fourth-order valence-electron chi connectivity index (χ4n) is 2.99. The first-order valence-electron chi connectivity index (χ1n) is 8.53. The van der Waals surface area contributed by atoms with E-state index in [-0.39, 0.29) is 21.3 Å². The molecule has 10 heteroatoms. The fraction of sp³-hybridized carbons (Fsp3) is 0.0500. The van der Waals surface area contributed by atoms with Gasteiger partial charge in [0.05, 0.1) is 28.3 Å². The third-order valence-corrected chi connectivity index (χ3v) is 6.05. The maximum atomic E-state index is 12.6. The normalized spacial score (nSPS) is 11.2. The van der Waals surface area contributed by atoms with Crippen LogP contribution in [-0.2, 0) is 10.0 Å². The topological polar surface area (TPSA) is 118 Å². The Morgan fingerprint density at radius 1 is 1.20 bits per heavy atom. The Labute approximate surface area is 176 Å². The molecule has 2 aromatic carbocycles. The molecule has 0 amide bonds. The van der Waals surface area contributed by atoms with Crippen LogP contribution in [0.25, 0.3) is 22.0 Å². The molecular formula is C20H13ClN4O4S. The second-order valence-corrected chi connectivity index (χ2v) is 8.27. The minimum atomic E-state index is -3.86. The molecule has 0 aliphatic heterocycles. The number of aromatic nitrogens is 2. The van der Waals surface area contributed by atoms with Gasteiger partial charge in [-0.05, 0) is 29.7 Å². The van der Waals surface area contributed by atoms with E-state index < -0.39 is 10.0 Å². The van der Waals surface area contributed by atoms with E-state index in [0.29, 0.717) is 27.8 Å². The molecule has 0 fully saturated rings. The number of anilines is 1. The van der Waals surface area contributed by atoms with Gasteiger partial charge < -0.3 is 9.26 Å². The standard InChI is InChI=1S/C20H13ClN4O4S/c1-28-18-10-17(21)13(11-22)9-16(18)20-15-3-2-14(8-12(15)4-6-23-20)30(26,27)25-19-5-7-29-24-19/h2-10H,1H3,(H,24,25). The van der Waals surface area contributed by atoms with Gasteiger partial charge in [-0.1, -0.05) is 22.8 Å². The lowest BCUT2D eigenvalue weighted by atomic mass is 10.0. The summed E-state index contributed by atoms with van der Waals surface area (Å²) >= 11 is 6.11. The SMILES string of the molecule is COc1cc(Cl)c(C#N)cc1-c1nccc2cc(S(=O)(=O)Nc3ccon3)ccc12. The van der Waals surface area contributed by atoms with Crippen LogP contribution in [-0.4, -0.2) is 25.7 Å². The van der Waals surface area contributed by atoms with Crippen LogP contribution in [0.4, 0.5) is 5.82 Å². The van der Waals surface area contributed by atoms with E-state index >= 15 is 0 Å². The number of nitrogens with zero attached hydrogens (tertiary/aromatic N) is 3. The molecule has 30 heavy (non-hydrogen) atoms. The summed E-state index contributed by atoms with van der Waals surface area (Å²) < 4.78 is 37.7. The molecule has 0 radical (unpaired) electrons. The zero-order valence-electron chi connectivity index (χ0n) is 15.5. The van der Waals surface area contributed by atoms with Gasteiger partial charge in [0.1, 0.15) is 18.1 Å². The van der Waals surface area contributed by atoms with Gasteiger partial charge in [0.15, 0.2) is 5.82 Å². The van der Waals surface area contributed by atoms with Gasteiger partial charge in [0.25, 0.3) is 10.0 Å². The van der Waals surface area contributed by atoms with Crippen molar-refractivity contribution in [3.8, 4) is 23.1 Å². The lowest BCUT2D eigenvalue weighted by Gasteiger charge is -2.13. The van der Waals surface area contributed by atoms with Crippen molar-refractivity contribution in [2.75, 3.05) is 11.8 Å². The van der Waals surface area contributed by atoms with E-state index in [1.807, 2.05) is 6.07 Å². The van der Waals surface area contributed by atoms with Gasteiger partial charge >= 0.3 is 0 Å². The molecule has 0 saturated carbocycles. The lowest BCUT2D eigenvalue weighted by Crippen LogP contribution is -2.13. The second kappa shape index (κ2) is 7.67. The third kappa shape index (κ3) is 3.54. The van der Waals surface area contributed by atoms with Crippen molar-refractivity contribution in [1.29, 1.82) is 5.26 Å². The molecular weight excluding hydrogens is 428 g/mol. The zero-order valence-corrected chi connectivity index (χ0v) is 17.0. The average Bonchev–Trinajstić information content (AvgIpc) is 3.25. The van der Waals surface area contributed by atoms with Crippen molar-refractivity contribution in [3.63, 3.8) is 0 Å². The van der Waals surface area contributed by atoms with Crippen LogP contribution in [0.15, 0.2) is 64.3 Å². The summed E-state index contributed by atoms with van der Waals surface area (Å²) in [7, 11) is -2.37. The quantitative estimate of drug-likeness (QED) is 0.493. The molecule has 0 unspecified atom stereocenters. The molecule has 0 aliphatic carbocycles. The summed E-state index contributed by atoms with van der Waals surface area (Å²) in [5, 5.41) is 14.5. The summed E-state index contributed by atoms with van der Waals surface area (Å²) in [5.41, 5.74) is 1.38. The van der Waals surface area contributed by atoms with Gasteiger partial charge in [0, 0.05) is 29.3 Å². The Kier molecular flexibility index (Phi) is 5.03. The summed E-state index contributed by atoms with van der Waals surface area (Å²) in [6.07, 6.45) is 2.82. The van der Waals surface area contributed by atoms with E-state index in [2.05, 4.69) is 19.4 Å². The molecule has 1 N–H and O–H groups in total. The number of nitrogens with one attached hydrogen (secondary N) is 1. The molecule has 0 bridgehead atoms. The highest BCUT2D eigenvalue weighted by molar-refractivity contribution is 7.92. The van der Waals surface area contributed by atoms with Crippen LogP contribution in [0, 0.1) is 11.3 Å². The van der Waals surface area contributed by atoms with Crippen LogP contribution in [0.5, 0.6) is 5.75 Å². The molecule has 0 atom stereocenters. The number of pyridine rings is 1. The minimum absolute atomic E-state index is 0.0518. The van der Waals surface area contributed by atoms with Crippen molar-refractivity contribution in [3.05, 3.63) is 65.5 Å². The number of rotatable bonds is 5. The molecule has 2 aromatic heterocycles. The fourth-order valence-corrected chi connectivity index (χ4v) is 4.22. The first-order chi connectivity index (χ1) is 14.4. The van der Waals surface area contributed by atoms with Gasteiger partial charge in [0.2, 0.25) is 0 Å². The monoisotopic (exact) mass is 440 g/mol. The number of hydrogen-bond donors (Lipinski definition) is 1. The average molecular weight is 441 g/mol. The minimum Gasteiger partial charge on any atom is -0.496 e. The third-order valence-electron chi connectivity index (χ3n) is 4.39. The Bertz CT molecular complexity index is 1400. The Morgan fingerprint density at radius 2 is 2.03 bits per heavy atom. The number of methoxy groups -OCH3 is 1. The number of nitriles is 1. The van der Waals surface area contributed by atoms with Crippen LogP contribution in [0.3, 0.4) is 0 Å². The molecule has 0 spiro atoms. The molecule has 4 rings (SSSR count). The Hall–Kier alpha value is -3.61. The van der Waals surface area contributed by atoms with Crippen molar-refractivity contribution < 1.29 is 17.7 Å². The smallest absolute Gasteiger partial charge is 0.263 e. The highest BCUT2D eigenvalue weighted by Crippen LogP contribution is 2.37. The van der Waals surface area contributed by atoms with E-state index in [0.717, 1.165) is 0 Å². The molecule has 150 valence electrons. The molecule has 2 heterocycles. The maximum absolute atomic E-state index is 12.6. The second-order valence-electron chi connectivity index (χ2n) is 6.18. The molecule has 8 nitrogen and oxygen atoms in total. The van der Waals surface area contributed by atoms with Crippen molar-refractivity contribution in [2.45, 2.75) is 4.90 Å². The van der Waals surface area contributed by atoms with Crippen LogP contribution >= 0.6 is 11.6 Å². The van der Waals surface area contributed by atoms with E-state index in [1.54, 1.807) is 30.5 Å². The number of halogens is 1. The van der Waals surface area contributed by atoms with Gasteiger partial charge in [-0.15, -0.1) is 0 Å². The Morgan fingerprint density at radius 3 is 2.73 bits per heavy atom. The van der Waals surface area contributed by atoms with E-state index in [9.17, 15) is 13.7 Å². The molecule has 0 saturated heterocycles. The van der Waals surface area contributed by atoms with Crippen molar-refractivity contribution >= 4 is 38.2 Å². The molecule has 0 aliphatic rings. The van der Waals surface area contributed by atoms with Crippen molar-refractivity contribution in [1.82, 2.24) is 10.1 Å². The van der Waals surface area contributed by atoms with Crippen LogP contribution in [0.2, 0.25) is 5.02 Å². The summed E-state index contributed by atoms with van der Waals surface area (Å²) in [5.74, 6) is 0.531. The number of sulfonamides is 1. The zero-order chi connectivity index (χ0) is 21.3. The number of ether oxygens (including phenoxy) is 1. The number of fused-ring (bicyclic) bond motifs is 1. The predicted octanol–water partition coefficient (Wildman–Crippen LogP) is 4.22.